The fourth-order valence-electron chi connectivity index (χ4n) is 0.156. The lowest BCUT2D eigenvalue weighted by molar-refractivity contribution is 1.07. The zero-order chi connectivity index (χ0) is 5.70. The van der Waals surface area contributed by atoms with E-state index < -0.39 is 0 Å². The lowest BCUT2D eigenvalue weighted by Crippen LogP contribution is -1.91. The Hall–Kier alpha value is -0.0100. The van der Waals surface area contributed by atoms with E-state index in [0.717, 1.165) is 0 Å². The van der Waals surface area contributed by atoms with Gasteiger partial charge in [-0.3, -0.25) is 0 Å². The summed E-state index contributed by atoms with van der Waals surface area (Å²) in [6.45, 7) is 0. The lowest BCUT2D eigenvalue weighted by atomic mass is 11.5. The summed E-state index contributed by atoms with van der Waals surface area (Å²) in [4.78, 5) is 0. The molecule has 0 aromatic rings. The first-order valence-electron chi connectivity index (χ1n) is 1.63. The van der Waals surface area contributed by atoms with Gasteiger partial charge in [0.05, 0.1) is 0 Å². The van der Waals surface area contributed by atoms with E-state index in [1.807, 2.05) is 18.7 Å². The molecular formula is C3H6N2S2. The molecule has 0 amide bonds. The van der Waals surface area contributed by atoms with E-state index in [1.165, 1.54) is 27.6 Å². The molecule has 0 aliphatic rings. The molecule has 0 bridgehead atoms. The quantitative estimate of drug-likeness (QED) is 0.323. The zero-order valence-electron chi connectivity index (χ0n) is 4.21. The van der Waals surface area contributed by atoms with Crippen LogP contribution in [-0.4, -0.2) is 16.2 Å². The van der Waals surface area contributed by atoms with Crippen molar-refractivity contribution in [3.63, 3.8) is 0 Å². The highest BCUT2D eigenvalue weighted by Crippen LogP contribution is 2.12. The van der Waals surface area contributed by atoms with Gasteiger partial charge < -0.3 is 0 Å². The Labute approximate surface area is 52.1 Å². The summed E-state index contributed by atoms with van der Waals surface area (Å²) < 4.78 is 1.51. The molecule has 0 atom stereocenters. The van der Waals surface area contributed by atoms with E-state index in [9.17, 15) is 0 Å². The molecule has 0 saturated heterocycles. The second-order valence-electron chi connectivity index (χ2n) is 0.722. The van der Waals surface area contributed by atoms with Crippen LogP contribution in [0.3, 0.4) is 0 Å². The largest absolute Gasteiger partial charge is 0.201 e. The van der Waals surface area contributed by atoms with Crippen molar-refractivity contribution < 1.29 is 0 Å². The summed E-state index contributed by atoms with van der Waals surface area (Å²) in [5, 5.41) is 8.16. The van der Waals surface area contributed by atoms with Crippen LogP contribution in [0.4, 0.5) is 0 Å². The van der Waals surface area contributed by atoms with Gasteiger partial charge in [0.1, 0.15) is 0 Å². The summed E-state index contributed by atoms with van der Waals surface area (Å²) in [6.07, 6.45) is 5.68. The molecule has 0 unspecified atom stereocenters. The molecule has 0 rings (SSSR count). The number of nitriles is 1. The molecule has 0 aromatic carbocycles. The van der Waals surface area contributed by atoms with Crippen molar-refractivity contribution in [3.8, 4) is 6.19 Å². The predicted octanol–water partition coefficient (Wildman–Crippen LogP) is 1.33. The van der Waals surface area contributed by atoms with Gasteiger partial charge in [0, 0.05) is 12.5 Å². The van der Waals surface area contributed by atoms with Crippen molar-refractivity contribution in [2.45, 2.75) is 0 Å². The van der Waals surface area contributed by atoms with Crippen molar-refractivity contribution in [1.29, 1.82) is 5.26 Å². The number of rotatable bonds is 2. The Morgan fingerprint density at radius 1 is 1.43 bits per heavy atom. The van der Waals surface area contributed by atoms with E-state index in [-0.39, 0.29) is 0 Å². The Morgan fingerprint density at radius 2 is 1.86 bits per heavy atom. The minimum atomic E-state index is 1.41. The van der Waals surface area contributed by atoms with Crippen LogP contribution < -0.4 is 0 Å². The molecule has 2 nitrogen and oxygen atoms in total. The van der Waals surface area contributed by atoms with E-state index >= 15 is 0 Å². The van der Waals surface area contributed by atoms with Crippen LogP contribution in [0.15, 0.2) is 0 Å². The predicted molar refractivity (Wildman–Crippen MR) is 34.5 cm³/mol. The van der Waals surface area contributed by atoms with Crippen LogP contribution in [0, 0.1) is 11.5 Å². The highest BCUT2D eigenvalue weighted by Gasteiger charge is 1.90. The molecule has 0 fully saturated rings. The fourth-order valence-corrected chi connectivity index (χ4v) is 0.916. The van der Waals surface area contributed by atoms with E-state index in [0.29, 0.717) is 0 Å². The van der Waals surface area contributed by atoms with Gasteiger partial charge in [0.15, 0.2) is 0 Å². The SMILES string of the molecule is CSN(C#N)SC. The Balaban J connectivity index is 3.23. The van der Waals surface area contributed by atoms with Gasteiger partial charge in [-0.05, 0) is 23.9 Å². The third-order valence-corrected chi connectivity index (χ3v) is 2.13. The van der Waals surface area contributed by atoms with Crippen molar-refractivity contribution >= 4 is 23.9 Å². The summed E-state index contributed by atoms with van der Waals surface area (Å²) in [6, 6.07) is 0. The molecule has 0 spiro atoms. The van der Waals surface area contributed by atoms with Crippen LogP contribution in [0.2, 0.25) is 0 Å². The number of nitrogens with zero attached hydrogens (tertiary/aromatic N) is 2. The second-order valence-corrected chi connectivity index (χ2v) is 2.41. The highest BCUT2D eigenvalue weighted by atomic mass is 32.2. The van der Waals surface area contributed by atoms with E-state index in [4.69, 9.17) is 5.26 Å². The third-order valence-electron chi connectivity index (χ3n) is 0.413. The summed E-state index contributed by atoms with van der Waals surface area (Å²) in [7, 11) is 0. The minimum Gasteiger partial charge on any atom is -0.195 e. The smallest absolute Gasteiger partial charge is 0.195 e. The molecule has 0 N–H and O–H groups in total. The maximum absolute atomic E-state index is 8.16. The zero-order valence-corrected chi connectivity index (χ0v) is 5.84. The first-order chi connectivity index (χ1) is 3.35. The minimum absolute atomic E-state index is 1.41. The van der Waals surface area contributed by atoms with Gasteiger partial charge in [-0.1, -0.05) is 0 Å². The maximum atomic E-state index is 8.16. The Bertz CT molecular complexity index is 73.5. The van der Waals surface area contributed by atoms with Gasteiger partial charge in [-0.25, -0.2) is 0 Å². The van der Waals surface area contributed by atoms with Gasteiger partial charge >= 0.3 is 0 Å². The molecule has 0 heterocycles. The normalized spacial score (nSPS) is 7.57. The molecule has 0 aliphatic carbocycles. The Morgan fingerprint density at radius 3 is 1.86 bits per heavy atom. The van der Waals surface area contributed by atoms with Crippen LogP contribution in [0.1, 0.15) is 0 Å². The van der Waals surface area contributed by atoms with E-state index in [2.05, 4.69) is 0 Å². The van der Waals surface area contributed by atoms with Crippen LogP contribution in [-0.2, 0) is 0 Å². The lowest BCUT2D eigenvalue weighted by Gasteiger charge is -2.02. The topological polar surface area (TPSA) is 27.0 Å². The summed E-state index contributed by atoms with van der Waals surface area (Å²) in [5.41, 5.74) is 0. The maximum Gasteiger partial charge on any atom is 0.201 e. The average Bonchev–Trinajstić information content (AvgIpc) is 1.72. The van der Waals surface area contributed by atoms with Crippen molar-refractivity contribution in [2.24, 2.45) is 0 Å². The monoisotopic (exact) mass is 134 g/mol. The molecule has 0 radical (unpaired) electrons. The van der Waals surface area contributed by atoms with Gasteiger partial charge in [-0.2, -0.15) is 8.97 Å². The summed E-state index contributed by atoms with van der Waals surface area (Å²) >= 11 is 2.81. The first-order valence-corrected chi connectivity index (χ1v) is 3.99. The third kappa shape index (κ3) is 2.66. The van der Waals surface area contributed by atoms with Crippen molar-refractivity contribution in [1.82, 2.24) is 3.71 Å². The van der Waals surface area contributed by atoms with E-state index in [1.54, 1.807) is 0 Å². The Kier molecular flexibility index (Phi) is 4.15. The molecule has 0 saturated carbocycles. The number of hydrogen-bond donors (Lipinski definition) is 0. The van der Waals surface area contributed by atoms with Gasteiger partial charge in [0.25, 0.3) is 0 Å². The summed E-state index contributed by atoms with van der Waals surface area (Å²) in [5.74, 6) is 0. The van der Waals surface area contributed by atoms with Crippen LogP contribution >= 0.6 is 23.9 Å². The molecule has 0 aliphatic heterocycles. The second kappa shape index (κ2) is 4.16. The highest BCUT2D eigenvalue weighted by molar-refractivity contribution is 8.11. The average molecular weight is 134 g/mol. The standard InChI is InChI=1S/C3H6N2S2/c1-6-5(3-4)7-2/h1-2H3. The first kappa shape index (κ1) is 6.99. The van der Waals surface area contributed by atoms with Crippen molar-refractivity contribution in [2.75, 3.05) is 12.5 Å². The van der Waals surface area contributed by atoms with Crippen LogP contribution in [0.25, 0.3) is 0 Å². The van der Waals surface area contributed by atoms with Crippen molar-refractivity contribution in [3.05, 3.63) is 0 Å². The molecular weight excluding hydrogens is 128 g/mol. The van der Waals surface area contributed by atoms with Gasteiger partial charge in [0.2, 0.25) is 6.19 Å². The molecule has 40 valence electrons. The molecule has 4 heteroatoms. The number of hydrogen-bond acceptors (Lipinski definition) is 4. The van der Waals surface area contributed by atoms with Gasteiger partial charge in [-0.15, -0.1) is 0 Å². The fraction of sp³-hybridized carbons (Fsp3) is 0.667. The van der Waals surface area contributed by atoms with Crippen LogP contribution in [0.5, 0.6) is 0 Å². The molecule has 7 heavy (non-hydrogen) atoms. The molecule has 0 aromatic heterocycles.